The molecule has 0 saturated heterocycles. The van der Waals surface area contributed by atoms with Crippen LogP contribution in [0.4, 0.5) is 0 Å². The van der Waals surface area contributed by atoms with E-state index in [-0.39, 0.29) is 0 Å². The highest BCUT2D eigenvalue weighted by Gasteiger charge is 2.09. The number of benzene rings is 2. The van der Waals surface area contributed by atoms with Crippen molar-refractivity contribution in [2.75, 3.05) is 14.2 Å². The van der Waals surface area contributed by atoms with Gasteiger partial charge >= 0.3 is 0 Å². The minimum absolute atomic E-state index is 0.302. The third kappa shape index (κ3) is 4.23. The maximum absolute atomic E-state index is 5.32. The zero-order chi connectivity index (χ0) is 15.1. The molecule has 0 saturated carbocycles. The second kappa shape index (κ2) is 7.69. The number of hydrogen-bond donors (Lipinski definition) is 0. The third-order valence-electron chi connectivity index (χ3n) is 2.85. The third-order valence-corrected chi connectivity index (χ3v) is 3.47. The number of rotatable bonds is 6. The molecule has 0 bridgehead atoms. The number of ether oxygens (including phenoxy) is 2. The Hall–Kier alpha value is -2.01. The Morgan fingerprint density at radius 1 is 1.05 bits per heavy atom. The van der Waals surface area contributed by atoms with Crippen LogP contribution in [0.5, 0.6) is 11.5 Å². The zero-order valence-corrected chi connectivity index (χ0v) is 13.5. The zero-order valence-electron chi connectivity index (χ0n) is 11.9. The fourth-order valence-electron chi connectivity index (χ4n) is 1.78. The Labute approximate surface area is 132 Å². The van der Waals surface area contributed by atoms with Gasteiger partial charge in [0.15, 0.2) is 0 Å². The smallest absolute Gasteiger partial charge is 0.146 e. The Bertz CT molecular complexity index is 614. The van der Waals surface area contributed by atoms with E-state index in [1.165, 1.54) is 0 Å². The average Bonchev–Trinajstić information content (AvgIpc) is 2.53. The first kappa shape index (κ1) is 15.4. The summed E-state index contributed by atoms with van der Waals surface area (Å²) in [5, 5.41) is 3.96. The van der Waals surface area contributed by atoms with Gasteiger partial charge in [0.05, 0.1) is 24.9 Å². The van der Waals surface area contributed by atoms with Gasteiger partial charge in [0, 0.05) is 5.56 Å². The Kier molecular flexibility index (Phi) is 5.63. The van der Waals surface area contributed by atoms with Gasteiger partial charge < -0.3 is 14.3 Å². The van der Waals surface area contributed by atoms with Gasteiger partial charge in [-0.1, -0.05) is 35.5 Å². The van der Waals surface area contributed by atoms with Gasteiger partial charge in [0.25, 0.3) is 0 Å². The molecule has 0 aliphatic carbocycles. The first-order chi connectivity index (χ1) is 10.2. The van der Waals surface area contributed by atoms with Crippen molar-refractivity contribution in [3.05, 3.63) is 58.1 Å². The summed E-state index contributed by atoms with van der Waals surface area (Å²) in [6.45, 7) is 0.302. The molecular weight excluding hydrogens is 334 g/mol. The number of oxime groups is 1. The summed E-state index contributed by atoms with van der Waals surface area (Å²) >= 11 is 3.42. The molecule has 0 radical (unpaired) electrons. The Balaban J connectivity index is 2.04. The molecule has 21 heavy (non-hydrogen) atoms. The molecule has 4 nitrogen and oxygen atoms in total. The summed E-state index contributed by atoms with van der Waals surface area (Å²) in [5.41, 5.74) is 1.85. The molecule has 0 aliphatic rings. The van der Waals surface area contributed by atoms with Crippen LogP contribution in [0.25, 0.3) is 0 Å². The fraction of sp³-hybridized carbons (Fsp3) is 0.188. The normalized spacial score (nSPS) is 10.6. The van der Waals surface area contributed by atoms with Crippen molar-refractivity contribution in [2.24, 2.45) is 5.16 Å². The van der Waals surface area contributed by atoms with E-state index in [4.69, 9.17) is 14.3 Å². The quantitative estimate of drug-likeness (QED) is 0.584. The molecular formula is C16H16BrNO3. The SMILES string of the molecule is COc1cc(CO/N=C/c2ccccc2)c(OC)cc1Br. The van der Waals surface area contributed by atoms with E-state index in [2.05, 4.69) is 21.1 Å². The van der Waals surface area contributed by atoms with E-state index in [1.54, 1.807) is 20.4 Å². The van der Waals surface area contributed by atoms with Crippen LogP contribution < -0.4 is 9.47 Å². The molecule has 5 heteroatoms. The average molecular weight is 350 g/mol. The van der Waals surface area contributed by atoms with Crippen molar-refractivity contribution in [3.63, 3.8) is 0 Å². The summed E-state index contributed by atoms with van der Waals surface area (Å²) in [6, 6.07) is 13.5. The molecule has 0 atom stereocenters. The monoisotopic (exact) mass is 349 g/mol. The van der Waals surface area contributed by atoms with Crippen molar-refractivity contribution in [1.82, 2.24) is 0 Å². The van der Waals surface area contributed by atoms with Crippen molar-refractivity contribution < 1.29 is 14.3 Å². The second-order valence-electron chi connectivity index (χ2n) is 4.22. The van der Waals surface area contributed by atoms with Gasteiger partial charge in [-0.05, 0) is 33.6 Å². The molecule has 0 aliphatic heterocycles. The first-order valence-electron chi connectivity index (χ1n) is 6.35. The standard InChI is InChI=1S/C16H16BrNO3/c1-19-15-9-14(17)16(20-2)8-13(15)11-21-18-10-12-6-4-3-5-7-12/h3-10H,11H2,1-2H3/b18-10+. The van der Waals surface area contributed by atoms with Crippen LogP contribution in [0.2, 0.25) is 0 Å². The van der Waals surface area contributed by atoms with Crippen LogP contribution in [-0.2, 0) is 11.4 Å². The first-order valence-corrected chi connectivity index (χ1v) is 7.14. The number of hydrogen-bond acceptors (Lipinski definition) is 4. The largest absolute Gasteiger partial charge is 0.496 e. The van der Waals surface area contributed by atoms with Gasteiger partial charge in [0.1, 0.15) is 18.1 Å². The van der Waals surface area contributed by atoms with Crippen LogP contribution in [0.1, 0.15) is 11.1 Å². The second-order valence-corrected chi connectivity index (χ2v) is 5.07. The fourth-order valence-corrected chi connectivity index (χ4v) is 2.26. The predicted octanol–water partition coefficient (Wildman–Crippen LogP) is 4.02. The van der Waals surface area contributed by atoms with E-state index >= 15 is 0 Å². The number of methoxy groups -OCH3 is 2. The van der Waals surface area contributed by atoms with E-state index < -0.39 is 0 Å². The van der Waals surface area contributed by atoms with Crippen molar-refractivity contribution in [1.29, 1.82) is 0 Å². The Morgan fingerprint density at radius 3 is 2.43 bits per heavy atom. The molecule has 2 aromatic carbocycles. The van der Waals surface area contributed by atoms with Crippen LogP contribution >= 0.6 is 15.9 Å². The summed E-state index contributed by atoms with van der Waals surface area (Å²) in [7, 11) is 3.23. The van der Waals surface area contributed by atoms with E-state index in [0.29, 0.717) is 6.61 Å². The maximum atomic E-state index is 5.32. The molecule has 2 aromatic rings. The summed E-state index contributed by atoms with van der Waals surface area (Å²) in [6.07, 6.45) is 1.67. The Morgan fingerprint density at radius 2 is 1.76 bits per heavy atom. The van der Waals surface area contributed by atoms with Crippen LogP contribution in [0, 0.1) is 0 Å². The lowest BCUT2D eigenvalue weighted by atomic mass is 10.2. The highest BCUT2D eigenvalue weighted by atomic mass is 79.9. The van der Waals surface area contributed by atoms with Crippen molar-refractivity contribution in [2.45, 2.75) is 6.61 Å². The molecule has 110 valence electrons. The minimum atomic E-state index is 0.302. The molecule has 0 amide bonds. The molecule has 0 aromatic heterocycles. The molecule has 0 heterocycles. The molecule has 0 N–H and O–H groups in total. The number of halogens is 1. The summed E-state index contributed by atoms with van der Waals surface area (Å²) in [5.74, 6) is 1.44. The van der Waals surface area contributed by atoms with Crippen LogP contribution in [0.3, 0.4) is 0 Å². The van der Waals surface area contributed by atoms with Crippen molar-refractivity contribution >= 4 is 22.1 Å². The lowest BCUT2D eigenvalue weighted by Crippen LogP contribution is -1.96. The summed E-state index contributed by atoms with van der Waals surface area (Å²) in [4.78, 5) is 5.32. The topological polar surface area (TPSA) is 40.0 Å². The van der Waals surface area contributed by atoms with Gasteiger partial charge in [-0.3, -0.25) is 0 Å². The van der Waals surface area contributed by atoms with Gasteiger partial charge in [-0.15, -0.1) is 0 Å². The van der Waals surface area contributed by atoms with Gasteiger partial charge in [-0.25, -0.2) is 0 Å². The van der Waals surface area contributed by atoms with Crippen LogP contribution in [-0.4, -0.2) is 20.4 Å². The molecule has 0 unspecified atom stereocenters. The molecule has 0 spiro atoms. The maximum Gasteiger partial charge on any atom is 0.146 e. The van der Waals surface area contributed by atoms with E-state index in [1.807, 2.05) is 42.5 Å². The van der Waals surface area contributed by atoms with Crippen molar-refractivity contribution in [3.8, 4) is 11.5 Å². The predicted molar refractivity (Wildman–Crippen MR) is 86.1 cm³/mol. The molecule has 0 fully saturated rings. The lowest BCUT2D eigenvalue weighted by Gasteiger charge is -2.11. The van der Waals surface area contributed by atoms with Crippen LogP contribution in [0.15, 0.2) is 52.1 Å². The minimum Gasteiger partial charge on any atom is -0.496 e. The highest BCUT2D eigenvalue weighted by Crippen LogP contribution is 2.33. The van der Waals surface area contributed by atoms with Gasteiger partial charge in [-0.2, -0.15) is 0 Å². The summed E-state index contributed by atoms with van der Waals surface area (Å²) < 4.78 is 11.4. The highest BCUT2D eigenvalue weighted by molar-refractivity contribution is 9.10. The van der Waals surface area contributed by atoms with E-state index in [0.717, 1.165) is 27.1 Å². The lowest BCUT2D eigenvalue weighted by molar-refractivity contribution is 0.129. The van der Waals surface area contributed by atoms with E-state index in [9.17, 15) is 0 Å². The van der Waals surface area contributed by atoms with Gasteiger partial charge in [0.2, 0.25) is 0 Å². The molecule has 2 rings (SSSR count). The number of nitrogens with zero attached hydrogens (tertiary/aromatic N) is 1.